The van der Waals surface area contributed by atoms with E-state index in [-0.39, 0.29) is 6.61 Å². The lowest BCUT2D eigenvalue weighted by atomic mass is 10.5. The highest BCUT2D eigenvalue weighted by atomic mass is 17.2. The minimum atomic E-state index is -1.23. The number of hydrogen-bond acceptors (Lipinski definition) is 4. The Hall–Kier alpha value is -1.62. The molecule has 0 saturated heterocycles. The molecule has 66 valence electrons. The number of carbonyl (C=O) groups excluding carboxylic acids is 1. The highest BCUT2D eigenvalue weighted by Crippen LogP contribution is 1.84. The second kappa shape index (κ2) is 6.11. The van der Waals surface area contributed by atoms with Gasteiger partial charge < -0.3 is 5.11 Å². The van der Waals surface area contributed by atoms with Crippen LogP contribution in [0.1, 0.15) is 0 Å². The van der Waals surface area contributed by atoms with Crippen molar-refractivity contribution >= 4 is 11.9 Å². The van der Waals surface area contributed by atoms with Crippen LogP contribution >= 0.6 is 0 Å². The lowest BCUT2D eigenvalue weighted by molar-refractivity contribution is -0.260. The van der Waals surface area contributed by atoms with E-state index in [2.05, 4.69) is 16.4 Å². The van der Waals surface area contributed by atoms with E-state index in [0.717, 1.165) is 6.08 Å². The van der Waals surface area contributed by atoms with Crippen molar-refractivity contribution < 1.29 is 24.5 Å². The molecule has 0 radical (unpaired) electrons. The van der Waals surface area contributed by atoms with E-state index in [4.69, 9.17) is 5.11 Å². The fourth-order valence-electron chi connectivity index (χ4n) is 0.307. The first kappa shape index (κ1) is 10.4. The second-order valence-electron chi connectivity index (χ2n) is 1.65. The van der Waals surface area contributed by atoms with Gasteiger partial charge >= 0.3 is 11.9 Å². The molecule has 12 heavy (non-hydrogen) atoms. The topological polar surface area (TPSA) is 72.8 Å². The molecule has 1 N–H and O–H groups in total. The molecule has 0 aliphatic heterocycles. The molecule has 0 aromatic carbocycles. The smallest absolute Gasteiger partial charge is 0.366 e. The molecular formula is C7H8O5. The maximum Gasteiger partial charge on any atom is 0.366 e. The maximum absolute atomic E-state index is 10.5. The van der Waals surface area contributed by atoms with Gasteiger partial charge in [-0.25, -0.2) is 9.59 Å². The quantitative estimate of drug-likeness (QED) is 0.212. The third-order valence-corrected chi connectivity index (χ3v) is 0.689. The van der Waals surface area contributed by atoms with Crippen LogP contribution < -0.4 is 0 Å². The minimum Gasteiger partial charge on any atom is -0.478 e. The van der Waals surface area contributed by atoms with Crippen LogP contribution in [-0.4, -0.2) is 23.7 Å². The van der Waals surface area contributed by atoms with Gasteiger partial charge in [-0.05, 0) is 0 Å². The van der Waals surface area contributed by atoms with Crippen molar-refractivity contribution in [1.82, 2.24) is 0 Å². The van der Waals surface area contributed by atoms with Gasteiger partial charge in [0.1, 0.15) is 6.61 Å². The number of rotatable bonds is 5. The molecule has 0 aliphatic rings. The SMILES string of the molecule is C=CCOOC(=O)/C=C\C(=O)O. The predicted molar refractivity (Wildman–Crippen MR) is 39.0 cm³/mol. The van der Waals surface area contributed by atoms with Crippen LogP contribution in [0.4, 0.5) is 0 Å². The molecule has 0 aromatic heterocycles. The zero-order chi connectivity index (χ0) is 9.40. The van der Waals surface area contributed by atoms with Crippen LogP contribution in [0.3, 0.4) is 0 Å². The molecule has 0 atom stereocenters. The van der Waals surface area contributed by atoms with Crippen molar-refractivity contribution in [3.8, 4) is 0 Å². The van der Waals surface area contributed by atoms with E-state index in [0.29, 0.717) is 6.08 Å². The number of carbonyl (C=O) groups is 2. The van der Waals surface area contributed by atoms with Gasteiger partial charge in [0.2, 0.25) is 0 Å². The second-order valence-corrected chi connectivity index (χ2v) is 1.65. The summed E-state index contributed by atoms with van der Waals surface area (Å²) >= 11 is 0. The summed E-state index contributed by atoms with van der Waals surface area (Å²) in [6, 6.07) is 0. The average molecular weight is 172 g/mol. The maximum atomic E-state index is 10.5. The summed E-state index contributed by atoms with van der Waals surface area (Å²) in [5.41, 5.74) is 0. The Morgan fingerprint density at radius 2 is 2.08 bits per heavy atom. The van der Waals surface area contributed by atoms with E-state index in [9.17, 15) is 9.59 Å². The first-order valence-corrected chi connectivity index (χ1v) is 3.02. The van der Waals surface area contributed by atoms with Gasteiger partial charge in [0.15, 0.2) is 0 Å². The number of carboxylic acid groups (broad SMARTS) is 1. The Bertz CT molecular complexity index is 206. The van der Waals surface area contributed by atoms with Gasteiger partial charge in [-0.1, -0.05) is 6.08 Å². The third kappa shape index (κ3) is 6.50. The summed E-state index contributed by atoms with van der Waals surface area (Å²) in [5.74, 6) is -2.10. The molecule has 0 amide bonds. The normalized spacial score (nSPS) is 9.67. The van der Waals surface area contributed by atoms with Crippen LogP contribution in [0, 0.1) is 0 Å². The highest BCUT2D eigenvalue weighted by Gasteiger charge is 1.97. The molecular weight excluding hydrogens is 164 g/mol. The number of carboxylic acids is 1. The van der Waals surface area contributed by atoms with E-state index in [1.807, 2.05) is 0 Å². The zero-order valence-electron chi connectivity index (χ0n) is 6.23. The lowest BCUT2D eigenvalue weighted by Gasteiger charge is -1.95. The summed E-state index contributed by atoms with van der Waals surface area (Å²) in [6.07, 6.45) is 2.78. The molecule has 0 aromatic rings. The fraction of sp³-hybridized carbons (Fsp3) is 0.143. The van der Waals surface area contributed by atoms with Crippen molar-refractivity contribution in [3.63, 3.8) is 0 Å². The summed E-state index contributed by atoms with van der Waals surface area (Å²) in [4.78, 5) is 28.7. The van der Waals surface area contributed by atoms with Gasteiger partial charge in [0, 0.05) is 12.2 Å². The standard InChI is InChI=1S/C7H8O5/c1-2-5-11-12-7(10)4-3-6(8)9/h2-4H,1,5H2,(H,8,9)/b4-3-. The van der Waals surface area contributed by atoms with Crippen molar-refractivity contribution in [1.29, 1.82) is 0 Å². The summed E-state index contributed by atoms with van der Waals surface area (Å²) < 4.78 is 0. The van der Waals surface area contributed by atoms with Gasteiger partial charge in [0.05, 0.1) is 0 Å². The van der Waals surface area contributed by atoms with Crippen molar-refractivity contribution in [2.75, 3.05) is 6.61 Å². The van der Waals surface area contributed by atoms with Crippen molar-refractivity contribution in [2.45, 2.75) is 0 Å². The molecule has 5 nitrogen and oxygen atoms in total. The zero-order valence-corrected chi connectivity index (χ0v) is 6.23. The summed E-state index contributed by atoms with van der Waals surface area (Å²) in [6.45, 7) is 3.37. The van der Waals surface area contributed by atoms with Crippen LogP contribution in [-0.2, 0) is 19.4 Å². The van der Waals surface area contributed by atoms with Gasteiger partial charge in [-0.3, -0.25) is 4.89 Å². The molecule has 0 heterocycles. The predicted octanol–water partition coefficient (Wildman–Crippen LogP) is 0.288. The molecule has 0 saturated carbocycles. The van der Waals surface area contributed by atoms with E-state index < -0.39 is 11.9 Å². The molecule has 0 fully saturated rings. The monoisotopic (exact) mass is 172 g/mol. The van der Waals surface area contributed by atoms with E-state index >= 15 is 0 Å². The first-order chi connectivity index (χ1) is 5.66. The Morgan fingerprint density at radius 3 is 2.58 bits per heavy atom. The Balaban J connectivity index is 3.59. The minimum absolute atomic E-state index is 0.0622. The number of aliphatic carboxylic acids is 1. The number of hydrogen-bond donors (Lipinski definition) is 1. The van der Waals surface area contributed by atoms with Gasteiger partial charge in [-0.15, -0.1) is 6.58 Å². The molecule has 0 bridgehead atoms. The van der Waals surface area contributed by atoms with E-state index in [1.165, 1.54) is 6.08 Å². The van der Waals surface area contributed by atoms with Crippen molar-refractivity contribution in [2.24, 2.45) is 0 Å². The summed E-state index contributed by atoms with van der Waals surface area (Å²) in [7, 11) is 0. The fourth-order valence-corrected chi connectivity index (χ4v) is 0.307. The van der Waals surface area contributed by atoms with Crippen LogP contribution in [0.15, 0.2) is 24.8 Å². The third-order valence-electron chi connectivity index (χ3n) is 0.689. The Labute approximate surface area is 68.8 Å². The highest BCUT2D eigenvalue weighted by molar-refractivity contribution is 5.90. The van der Waals surface area contributed by atoms with E-state index in [1.54, 1.807) is 0 Å². The van der Waals surface area contributed by atoms with Crippen molar-refractivity contribution in [3.05, 3.63) is 24.8 Å². The summed E-state index contributed by atoms with van der Waals surface area (Å²) in [5, 5.41) is 8.08. The molecule has 0 aliphatic carbocycles. The molecule has 0 unspecified atom stereocenters. The van der Waals surface area contributed by atoms with Crippen LogP contribution in [0.25, 0.3) is 0 Å². The van der Waals surface area contributed by atoms with Crippen LogP contribution in [0.2, 0.25) is 0 Å². The molecule has 0 rings (SSSR count). The Kier molecular flexibility index (Phi) is 5.29. The first-order valence-electron chi connectivity index (χ1n) is 3.02. The molecule has 5 heteroatoms. The largest absolute Gasteiger partial charge is 0.478 e. The molecule has 0 spiro atoms. The van der Waals surface area contributed by atoms with Gasteiger partial charge in [0.25, 0.3) is 0 Å². The average Bonchev–Trinajstić information content (AvgIpc) is 2.01. The lowest BCUT2D eigenvalue weighted by Crippen LogP contribution is -2.02. The van der Waals surface area contributed by atoms with Gasteiger partial charge in [-0.2, -0.15) is 4.89 Å². The van der Waals surface area contributed by atoms with Crippen LogP contribution in [0.5, 0.6) is 0 Å². The Morgan fingerprint density at radius 1 is 1.42 bits per heavy atom.